The van der Waals surface area contributed by atoms with E-state index in [-0.39, 0.29) is 5.91 Å². The van der Waals surface area contributed by atoms with Crippen molar-refractivity contribution in [2.24, 2.45) is 0 Å². The molecule has 146 valence electrons. The van der Waals surface area contributed by atoms with Crippen molar-refractivity contribution in [3.63, 3.8) is 0 Å². The summed E-state index contributed by atoms with van der Waals surface area (Å²) in [7, 11) is 0. The van der Waals surface area contributed by atoms with E-state index in [0.717, 1.165) is 32.1 Å². The molecule has 1 aliphatic rings. The molecule has 2 aromatic rings. The van der Waals surface area contributed by atoms with E-state index in [1.54, 1.807) is 25.1 Å². The van der Waals surface area contributed by atoms with Crippen molar-refractivity contribution in [3.05, 3.63) is 35.5 Å². The average Bonchev–Trinajstić information content (AvgIpc) is 3.11. The highest BCUT2D eigenvalue weighted by Gasteiger charge is 2.40. The van der Waals surface area contributed by atoms with Gasteiger partial charge in [-0.3, -0.25) is 4.79 Å². The Balaban J connectivity index is 1.86. The third-order valence-corrected chi connectivity index (χ3v) is 4.80. The zero-order valence-corrected chi connectivity index (χ0v) is 16.2. The Hall–Kier alpha value is -2.57. The van der Waals surface area contributed by atoms with Gasteiger partial charge in [0.1, 0.15) is 5.54 Å². The fraction of sp³-hybridized carbons (Fsp3) is 0.550. The fourth-order valence-electron chi connectivity index (χ4n) is 3.52. The van der Waals surface area contributed by atoms with Crippen LogP contribution < -0.4 is 14.8 Å². The summed E-state index contributed by atoms with van der Waals surface area (Å²) in [5.41, 5.74) is -0.0934. The molecule has 0 bridgehead atoms. The van der Waals surface area contributed by atoms with E-state index in [1.165, 1.54) is 0 Å². The molecule has 1 saturated carbocycles. The lowest BCUT2D eigenvalue weighted by atomic mass is 9.81. The molecule has 1 heterocycles. The number of ether oxygens (including phenoxy) is 2. The first-order valence-electron chi connectivity index (χ1n) is 9.61. The molecule has 0 saturated heterocycles. The van der Waals surface area contributed by atoms with E-state index in [4.69, 9.17) is 14.0 Å². The Morgan fingerprint density at radius 2 is 1.85 bits per heavy atom. The lowest BCUT2D eigenvalue weighted by molar-refractivity contribution is 0.0824. The van der Waals surface area contributed by atoms with Gasteiger partial charge in [0.05, 0.1) is 13.2 Å². The van der Waals surface area contributed by atoms with Gasteiger partial charge in [-0.05, 0) is 51.8 Å². The number of amides is 1. The van der Waals surface area contributed by atoms with Crippen molar-refractivity contribution in [3.8, 4) is 11.5 Å². The van der Waals surface area contributed by atoms with Crippen molar-refractivity contribution >= 4 is 5.91 Å². The Morgan fingerprint density at radius 1 is 1.15 bits per heavy atom. The highest BCUT2D eigenvalue weighted by molar-refractivity contribution is 5.95. The second-order valence-corrected chi connectivity index (χ2v) is 6.77. The van der Waals surface area contributed by atoms with Crippen LogP contribution in [0.3, 0.4) is 0 Å². The summed E-state index contributed by atoms with van der Waals surface area (Å²) in [6.45, 7) is 6.63. The van der Waals surface area contributed by atoms with Gasteiger partial charge in [0.2, 0.25) is 0 Å². The maximum atomic E-state index is 13.0. The smallest absolute Gasteiger partial charge is 0.252 e. The quantitative estimate of drug-likeness (QED) is 0.795. The highest BCUT2D eigenvalue weighted by Crippen LogP contribution is 2.37. The second-order valence-electron chi connectivity index (χ2n) is 6.77. The first-order chi connectivity index (χ1) is 13.1. The predicted molar refractivity (Wildman–Crippen MR) is 100 cm³/mol. The molecule has 7 nitrogen and oxygen atoms in total. The molecular weight excluding hydrogens is 346 g/mol. The van der Waals surface area contributed by atoms with Crippen LogP contribution >= 0.6 is 0 Å². The predicted octanol–water partition coefficient (Wildman–Crippen LogP) is 3.76. The molecule has 7 heteroatoms. The van der Waals surface area contributed by atoms with E-state index in [1.807, 2.05) is 13.8 Å². The van der Waals surface area contributed by atoms with E-state index in [9.17, 15) is 4.79 Å². The molecule has 1 aliphatic carbocycles. The summed E-state index contributed by atoms with van der Waals surface area (Å²) in [5, 5.41) is 7.08. The normalized spacial score (nSPS) is 16.0. The third kappa shape index (κ3) is 4.23. The highest BCUT2D eigenvalue weighted by atomic mass is 16.5. The van der Waals surface area contributed by atoms with Crippen LogP contribution in [-0.2, 0) is 5.54 Å². The number of carbonyl (C=O) groups excluding carboxylic acids is 1. The van der Waals surface area contributed by atoms with Crippen LogP contribution in [0, 0.1) is 6.92 Å². The van der Waals surface area contributed by atoms with Crippen LogP contribution in [0.15, 0.2) is 22.7 Å². The molecule has 1 amide bonds. The van der Waals surface area contributed by atoms with E-state index >= 15 is 0 Å². The number of nitrogens with zero attached hydrogens (tertiary/aromatic N) is 2. The maximum Gasteiger partial charge on any atom is 0.252 e. The molecule has 0 atom stereocenters. The molecule has 0 unspecified atom stereocenters. The number of carbonyl (C=O) groups is 1. The molecule has 0 spiro atoms. The maximum absolute atomic E-state index is 13.0. The standard InChI is InChI=1S/C20H27N3O4/c1-4-25-16-10-9-15(13-17(16)26-5-2)18(24)22-20(11-7-6-8-12-20)19-21-14(3)23-27-19/h9-10,13H,4-8,11-12H2,1-3H3,(H,22,24). The molecular formula is C20H27N3O4. The van der Waals surface area contributed by atoms with Crippen LogP contribution in [-0.4, -0.2) is 29.3 Å². The van der Waals surface area contributed by atoms with Gasteiger partial charge in [-0.1, -0.05) is 24.4 Å². The number of benzene rings is 1. The number of aryl methyl sites for hydroxylation is 1. The van der Waals surface area contributed by atoms with Crippen LogP contribution in [0.1, 0.15) is 68.0 Å². The zero-order chi connectivity index (χ0) is 19.3. The van der Waals surface area contributed by atoms with Crippen LogP contribution in [0.5, 0.6) is 11.5 Å². The third-order valence-electron chi connectivity index (χ3n) is 4.80. The first kappa shape index (κ1) is 19.2. The lowest BCUT2D eigenvalue weighted by Crippen LogP contribution is -2.47. The summed E-state index contributed by atoms with van der Waals surface area (Å²) in [6, 6.07) is 5.24. The SMILES string of the molecule is CCOc1ccc(C(=O)NC2(c3nc(C)no3)CCCCC2)cc1OCC. The van der Waals surface area contributed by atoms with E-state index < -0.39 is 5.54 Å². The monoisotopic (exact) mass is 373 g/mol. The minimum Gasteiger partial charge on any atom is -0.490 e. The van der Waals surface area contributed by atoms with Gasteiger partial charge in [0.25, 0.3) is 11.8 Å². The van der Waals surface area contributed by atoms with E-state index in [2.05, 4.69) is 15.5 Å². The topological polar surface area (TPSA) is 86.5 Å². The van der Waals surface area contributed by atoms with Crippen molar-refractivity contribution < 1.29 is 18.8 Å². The average molecular weight is 373 g/mol. The Morgan fingerprint density at radius 3 is 2.48 bits per heavy atom. The van der Waals surface area contributed by atoms with Crippen LogP contribution in [0.4, 0.5) is 0 Å². The van der Waals surface area contributed by atoms with Gasteiger partial charge in [0, 0.05) is 5.56 Å². The van der Waals surface area contributed by atoms with Gasteiger partial charge < -0.3 is 19.3 Å². The number of hydrogen-bond donors (Lipinski definition) is 1. The molecule has 1 N–H and O–H groups in total. The Labute approximate surface area is 159 Å². The molecule has 1 aromatic heterocycles. The number of aromatic nitrogens is 2. The molecule has 1 fully saturated rings. The number of rotatable bonds is 7. The molecule has 27 heavy (non-hydrogen) atoms. The molecule has 3 rings (SSSR count). The zero-order valence-electron chi connectivity index (χ0n) is 16.2. The minimum atomic E-state index is -0.610. The Bertz CT molecular complexity index is 781. The van der Waals surface area contributed by atoms with Crippen LogP contribution in [0.2, 0.25) is 0 Å². The minimum absolute atomic E-state index is 0.184. The molecule has 0 aliphatic heterocycles. The fourth-order valence-corrected chi connectivity index (χ4v) is 3.52. The van der Waals surface area contributed by atoms with Gasteiger partial charge >= 0.3 is 0 Å². The summed E-state index contributed by atoms with van der Waals surface area (Å²) in [5.74, 6) is 2.08. The summed E-state index contributed by atoms with van der Waals surface area (Å²) < 4.78 is 16.7. The second kappa shape index (κ2) is 8.41. The Kier molecular flexibility index (Phi) is 5.98. The van der Waals surface area contributed by atoms with Crippen molar-refractivity contribution in [1.29, 1.82) is 0 Å². The summed E-state index contributed by atoms with van der Waals surface area (Å²) >= 11 is 0. The van der Waals surface area contributed by atoms with Gasteiger partial charge in [-0.2, -0.15) is 4.98 Å². The summed E-state index contributed by atoms with van der Waals surface area (Å²) in [4.78, 5) is 17.4. The molecule has 0 radical (unpaired) electrons. The van der Waals surface area contributed by atoms with Gasteiger partial charge in [0.15, 0.2) is 17.3 Å². The number of hydrogen-bond acceptors (Lipinski definition) is 6. The largest absolute Gasteiger partial charge is 0.490 e. The van der Waals surface area contributed by atoms with Crippen molar-refractivity contribution in [2.75, 3.05) is 13.2 Å². The van der Waals surface area contributed by atoms with Gasteiger partial charge in [-0.15, -0.1) is 0 Å². The van der Waals surface area contributed by atoms with Gasteiger partial charge in [-0.25, -0.2) is 0 Å². The lowest BCUT2D eigenvalue weighted by Gasteiger charge is -2.34. The summed E-state index contributed by atoms with van der Waals surface area (Å²) in [6.07, 6.45) is 4.73. The first-order valence-corrected chi connectivity index (χ1v) is 9.61. The van der Waals surface area contributed by atoms with Crippen molar-refractivity contribution in [1.82, 2.24) is 15.5 Å². The van der Waals surface area contributed by atoms with Crippen molar-refractivity contribution in [2.45, 2.75) is 58.4 Å². The van der Waals surface area contributed by atoms with Crippen LogP contribution in [0.25, 0.3) is 0 Å². The molecule has 1 aromatic carbocycles. The number of nitrogens with one attached hydrogen (secondary N) is 1. The van der Waals surface area contributed by atoms with E-state index in [0.29, 0.717) is 42.0 Å².